The van der Waals surface area contributed by atoms with Gasteiger partial charge >= 0.3 is 5.97 Å². The molecule has 0 radical (unpaired) electrons. The van der Waals surface area contributed by atoms with Crippen molar-refractivity contribution in [2.24, 2.45) is 0 Å². The van der Waals surface area contributed by atoms with E-state index < -0.39 is 0 Å². The highest BCUT2D eigenvalue weighted by molar-refractivity contribution is 9.10. The number of hydrogen-bond donors (Lipinski definition) is 0. The van der Waals surface area contributed by atoms with E-state index in [1.165, 1.54) is 7.11 Å². The highest BCUT2D eigenvalue weighted by Crippen LogP contribution is 2.32. The average molecular weight is 273 g/mol. The molecule has 0 bridgehead atoms. The fourth-order valence-corrected chi connectivity index (χ4v) is 2.06. The maximum atomic E-state index is 11.1. The molecule has 1 aromatic rings. The topological polar surface area (TPSA) is 35.5 Å². The summed E-state index contributed by atoms with van der Waals surface area (Å²) >= 11 is 3.42. The third-order valence-electron chi connectivity index (χ3n) is 2.14. The standard InChI is InChI=1S/C11H13BrO3/c1-7-4-5-8(6-9(13)14-2)10(12)11(7)15-3/h4-5H,6H2,1-3H3. The van der Waals surface area contributed by atoms with Crippen LogP contribution in [0.2, 0.25) is 0 Å². The lowest BCUT2D eigenvalue weighted by molar-refractivity contribution is -0.139. The monoisotopic (exact) mass is 272 g/mol. The fourth-order valence-electron chi connectivity index (χ4n) is 1.31. The number of ether oxygens (including phenoxy) is 2. The zero-order chi connectivity index (χ0) is 11.4. The van der Waals surface area contributed by atoms with Crippen LogP contribution in [0.15, 0.2) is 16.6 Å². The highest BCUT2D eigenvalue weighted by atomic mass is 79.9. The third-order valence-corrected chi connectivity index (χ3v) is 3.01. The molecular weight excluding hydrogens is 260 g/mol. The van der Waals surface area contributed by atoms with Gasteiger partial charge in [-0.25, -0.2) is 0 Å². The van der Waals surface area contributed by atoms with Crippen LogP contribution >= 0.6 is 15.9 Å². The van der Waals surface area contributed by atoms with Gasteiger partial charge in [-0.15, -0.1) is 0 Å². The number of esters is 1. The molecule has 0 saturated heterocycles. The molecule has 4 heteroatoms. The quantitative estimate of drug-likeness (QED) is 0.794. The molecule has 0 N–H and O–H groups in total. The summed E-state index contributed by atoms with van der Waals surface area (Å²) in [6, 6.07) is 3.81. The molecule has 1 aromatic carbocycles. The van der Waals surface area contributed by atoms with Crippen molar-refractivity contribution in [1.29, 1.82) is 0 Å². The Bertz CT molecular complexity index is 374. The summed E-state index contributed by atoms with van der Waals surface area (Å²) < 4.78 is 10.7. The van der Waals surface area contributed by atoms with Gasteiger partial charge in [-0.2, -0.15) is 0 Å². The molecule has 0 aliphatic heterocycles. The van der Waals surface area contributed by atoms with Crippen LogP contribution in [0.25, 0.3) is 0 Å². The van der Waals surface area contributed by atoms with Crippen molar-refractivity contribution in [1.82, 2.24) is 0 Å². The predicted octanol–water partition coefficient (Wildman–Crippen LogP) is 2.48. The Morgan fingerprint density at radius 2 is 2.07 bits per heavy atom. The van der Waals surface area contributed by atoms with Gasteiger partial charge in [-0.1, -0.05) is 12.1 Å². The number of carbonyl (C=O) groups is 1. The van der Waals surface area contributed by atoms with Crippen LogP contribution < -0.4 is 4.74 Å². The van der Waals surface area contributed by atoms with Crippen molar-refractivity contribution in [3.8, 4) is 5.75 Å². The average Bonchev–Trinajstić information content (AvgIpc) is 2.23. The van der Waals surface area contributed by atoms with Gasteiger partial charge < -0.3 is 9.47 Å². The van der Waals surface area contributed by atoms with E-state index in [2.05, 4.69) is 20.7 Å². The second-order valence-electron chi connectivity index (χ2n) is 3.14. The van der Waals surface area contributed by atoms with Gasteiger partial charge in [0.05, 0.1) is 25.1 Å². The van der Waals surface area contributed by atoms with Crippen molar-refractivity contribution in [2.75, 3.05) is 14.2 Å². The van der Waals surface area contributed by atoms with Crippen molar-refractivity contribution >= 4 is 21.9 Å². The number of hydrogen-bond acceptors (Lipinski definition) is 3. The minimum absolute atomic E-state index is 0.244. The Kier molecular flexibility index (Phi) is 4.15. The number of rotatable bonds is 3. The van der Waals surface area contributed by atoms with Gasteiger partial charge in [0, 0.05) is 0 Å². The minimum Gasteiger partial charge on any atom is -0.495 e. The Labute approximate surface area is 97.5 Å². The zero-order valence-corrected chi connectivity index (χ0v) is 10.6. The molecule has 0 aliphatic carbocycles. The molecule has 0 atom stereocenters. The molecule has 0 spiro atoms. The second-order valence-corrected chi connectivity index (χ2v) is 3.93. The number of carbonyl (C=O) groups excluding carboxylic acids is 1. The molecule has 15 heavy (non-hydrogen) atoms. The largest absolute Gasteiger partial charge is 0.495 e. The van der Waals surface area contributed by atoms with Crippen molar-refractivity contribution < 1.29 is 14.3 Å². The van der Waals surface area contributed by atoms with Crippen molar-refractivity contribution in [3.05, 3.63) is 27.7 Å². The maximum Gasteiger partial charge on any atom is 0.310 e. The first-order valence-electron chi connectivity index (χ1n) is 4.49. The van der Waals surface area contributed by atoms with E-state index in [9.17, 15) is 4.79 Å². The van der Waals surface area contributed by atoms with E-state index in [0.717, 1.165) is 21.3 Å². The molecule has 3 nitrogen and oxygen atoms in total. The molecule has 0 heterocycles. The van der Waals surface area contributed by atoms with Gasteiger partial charge in [0.25, 0.3) is 0 Å². The number of methoxy groups -OCH3 is 2. The van der Waals surface area contributed by atoms with Gasteiger partial charge in [0.15, 0.2) is 0 Å². The first-order valence-corrected chi connectivity index (χ1v) is 5.28. The summed E-state index contributed by atoms with van der Waals surface area (Å²) in [6.07, 6.45) is 0.244. The van der Waals surface area contributed by atoms with Crippen molar-refractivity contribution in [2.45, 2.75) is 13.3 Å². The van der Waals surface area contributed by atoms with Crippen LogP contribution in [0.5, 0.6) is 5.75 Å². The van der Waals surface area contributed by atoms with Gasteiger partial charge in [0.2, 0.25) is 0 Å². The molecule has 0 aliphatic rings. The predicted molar refractivity (Wildman–Crippen MR) is 61.2 cm³/mol. The summed E-state index contributed by atoms with van der Waals surface area (Å²) in [5, 5.41) is 0. The second kappa shape index (κ2) is 5.16. The van der Waals surface area contributed by atoms with Gasteiger partial charge in [-0.3, -0.25) is 4.79 Å². The Morgan fingerprint density at radius 1 is 1.40 bits per heavy atom. The zero-order valence-electron chi connectivity index (χ0n) is 8.96. The molecule has 0 unspecified atom stereocenters. The van der Waals surface area contributed by atoms with Crippen molar-refractivity contribution in [3.63, 3.8) is 0 Å². The van der Waals surface area contributed by atoms with E-state index >= 15 is 0 Å². The van der Waals surface area contributed by atoms with E-state index in [1.807, 2.05) is 19.1 Å². The molecular formula is C11H13BrO3. The molecule has 0 aromatic heterocycles. The Morgan fingerprint density at radius 3 is 2.60 bits per heavy atom. The molecule has 1 rings (SSSR count). The highest BCUT2D eigenvalue weighted by Gasteiger charge is 2.12. The molecule has 0 fully saturated rings. The summed E-state index contributed by atoms with van der Waals surface area (Å²) in [5.74, 6) is 0.498. The van der Waals surface area contributed by atoms with Gasteiger partial charge in [0.1, 0.15) is 5.75 Å². The van der Waals surface area contributed by atoms with Gasteiger partial charge in [-0.05, 0) is 34.0 Å². The fraction of sp³-hybridized carbons (Fsp3) is 0.364. The lowest BCUT2D eigenvalue weighted by atomic mass is 10.1. The summed E-state index contributed by atoms with van der Waals surface area (Å²) in [4.78, 5) is 11.1. The molecule has 0 amide bonds. The van der Waals surface area contributed by atoms with Crippen LogP contribution in [-0.4, -0.2) is 20.2 Å². The van der Waals surface area contributed by atoms with Crippen LogP contribution in [0.1, 0.15) is 11.1 Å². The first-order chi connectivity index (χ1) is 7.10. The molecule has 0 saturated carbocycles. The third kappa shape index (κ3) is 2.72. The van der Waals surface area contributed by atoms with Crippen LogP contribution in [-0.2, 0) is 16.0 Å². The van der Waals surface area contributed by atoms with E-state index in [1.54, 1.807) is 7.11 Å². The SMILES string of the molecule is COC(=O)Cc1ccc(C)c(OC)c1Br. The number of benzene rings is 1. The van der Waals surface area contributed by atoms with E-state index in [0.29, 0.717) is 0 Å². The Balaban J connectivity index is 3.05. The van der Waals surface area contributed by atoms with Crippen LogP contribution in [0.3, 0.4) is 0 Å². The lowest BCUT2D eigenvalue weighted by Crippen LogP contribution is -2.05. The van der Waals surface area contributed by atoms with Crippen LogP contribution in [0.4, 0.5) is 0 Å². The Hall–Kier alpha value is -1.03. The normalized spacial score (nSPS) is 9.87. The maximum absolute atomic E-state index is 11.1. The van der Waals surface area contributed by atoms with E-state index in [4.69, 9.17) is 4.74 Å². The van der Waals surface area contributed by atoms with Crippen LogP contribution in [0, 0.1) is 6.92 Å². The molecule has 82 valence electrons. The van der Waals surface area contributed by atoms with E-state index in [-0.39, 0.29) is 12.4 Å². The summed E-state index contributed by atoms with van der Waals surface area (Å²) in [7, 11) is 2.98. The number of aryl methyl sites for hydroxylation is 1. The number of halogens is 1. The smallest absolute Gasteiger partial charge is 0.310 e. The minimum atomic E-state index is -0.262. The first kappa shape index (κ1) is 12.0. The lowest BCUT2D eigenvalue weighted by Gasteiger charge is -2.10. The summed E-state index contributed by atoms with van der Waals surface area (Å²) in [5.41, 5.74) is 1.89. The summed E-state index contributed by atoms with van der Waals surface area (Å²) in [6.45, 7) is 1.95.